The Morgan fingerprint density at radius 1 is 0.700 bits per heavy atom. The number of hydrogen-bond donors (Lipinski definition) is 0. The van der Waals surface area contributed by atoms with E-state index in [1.807, 2.05) is 0 Å². The van der Waals surface area contributed by atoms with E-state index in [2.05, 4.69) is 93.3 Å². The van der Waals surface area contributed by atoms with Crippen molar-refractivity contribution in [1.82, 2.24) is 0 Å². The largest absolute Gasteiger partial charge is 0.310 e. The predicted molar refractivity (Wildman–Crippen MR) is 165 cm³/mol. The van der Waals surface area contributed by atoms with Gasteiger partial charge in [0, 0.05) is 22.2 Å². The number of ketones is 2. The Bertz CT molecular complexity index is 1670. The SMILES string of the molecule is CCc1cc(N2c3ccccc3C(C)(C)c3ccccc32)c(CC)cc1C=C1C(=O)c2cc(Cl)c(Cl)cc2C1=O. The number of halogens is 2. The van der Waals surface area contributed by atoms with Crippen LogP contribution < -0.4 is 4.90 Å². The smallest absolute Gasteiger partial charge is 0.197 e. The minimum Gasteiger partial charge on any atom is -0.310 e. The van der Waals surface area contributed by atoms with Crippen molar-refractivity contribution in [2.24, 2.45) is 0 Å². The van der Waals surface area contributed by atoms with Crippen LogP contribution in [0.2, 0.25) is 10.0 Å². The van der Waals surface area contributed by atoms with Crippen LogP contribution in [0.3, 0.4) is 0 Å². The lowest BCUT2D eigenvalue weighted by atomic mass is 9.73. The zero-order valence-corrected chi connectivity index (χ0v) is 24.5. The molecule has 0 bridgehead atoms. The zero-order valence-electron chi connectivity index (χ0n) is 22.9. The molecule has 6 rings (SSSR count). The summed E-state index contributed by atoms with van der Waals surface area (Å²) in [5.41, 5.74) is 9.69. The van der Waals surface area contributed by atoms with Crippen molar-refractivity contribution in [1.29, 1.82) is 0 Å². The summed E-state index contributed by atoms with van der Waals surface area (Å²) in [5, 5.41) is 0.528. The van der Waals surface area contributed by atoms with Gasteiger partial charge in [-0.25, -0.2) is 0 Å². The molecule has 4 aromatic carbocycles. The number of Topliss-reactive ketones (excluding diaryl/α,β-unsaturated/α-hetero) is 2. The van der Waals surface area contributed by atoms with Gasteiger partial charge in [-0.05, 0) is 83.1 Å². The van der Waals surface area contributed by atoms with Gasteiger partial charge in [-0.15, -0.1) is 0 Å². The number of rotatable bonds is 4. The summed E-state index contributed by atoms with van der Waals surface area (Å²) < 4.78 is 0. The lowest BCUT2D eigenvalue weighted by molar-refractivity contribution is 0.0990. The molecule has 5 heteroatoms. The molecule has 0 unspecified atom stereocenters. The maximum absolute atomic E-state index is 13.3. The lowest BCUT2D eigenvalue weighted by Gasteiger charge is -2.42. The summed E-state index contributed by atoms with van der Waals surface area (Å²) in [7, 11) is 0. The van der Waals surface area contributed by atoms with Gasteiger partial charge in [0.05, 0.1) is 27.0 Å². The number of fused-ring (bicyclic) bond motifs is 3. The van der Waals surface area contributed by atoms with E-state index in [4.69, 9.17) is 23.2 Å². The number of benzene rings is 4. The Hall–Kier alpha value is -3.66. The lowest BCUT2D eigenvalue weighted by Crippen LogP contribution is -2.31. The molecule has 0 atom stereocenters. The van der Waals surface area contributed by atoms with E-state index < -0.39 is 0 Å². The van der Waals surface area contributed by atoms with Crippen molar-refractivity contribution in [2.75, 3.05) is 4.90 Å². The zero-order chi connectivity index (χ0) is 28.3. The first-order valence-electron chi connectivity index (χ1n) is 13.6. The van der Waals surface area contributed by atoms with Crippen molar-refractivity contribution in [3.05, 3.63) is 127 Å². The third-order valence-electron chi connectivity index (χ3n) is 8.32. The number of nitrogens with zero attached hydrogens (tertiary/aromatic N) is 1. The first-order valence-corrected chi connectivity index (χ1v) is 14.4. The molecule has 200 valence electrons. The van der Waals surface area contributed by atoms with Crippen LogP contribution in [0.1, 0.15) is 76.2 Å². The summed E-state index contributed by atoms with van der Waals surface area (Å²) in [4.78, 5) is 28.9. The molecule has 1 aliphatic heterocycles. The molecule has 2 aliphatic rings. The van der Waals surface area contributed by atoms with Gasteiger partial charge in [0.1, 0.15) is 0 Å². The standard InChI is InChI=1S/C35H29Cl2NO2/c1-5-20-17-32(38-30-13-9-7-11-26(30)35(3,4)27-12-8-10-14-31(27)38)21(6-2)15-22(20)16-25-33(39)23-18-28(36)29(37)19-24(23)34(25)40/h7-19H,5-6H2,1-4H3. The van der Waals surface area contributed by atoms with Crippen molar-refractivity contribution >= 4 is 57.9 Å². The van der Waals surface area contributed by atoms with E-state index >= 15 is 0 Å². The number of carbonyl (C=O) groups excluding carboxylic acids is 2. The highest BCUT2D eigenvalue weighted by molar-refractivity contribution is 6.46. The normalized spacial score (nSPS) is 15.2. The highest BCUT2D eigenvalue weighted by atomic mass is 35.5. The van der Waals surface area contributed by atoms with Gasteiger partial charge in [0.25, 0.3) is 0 Å². The number of aryl methyl sites for hydroxylation is 2. The summed E-state index contributed by atoms with van der Waals surface area (Å²) >= 11 is 12.3. The molecule has 1 aliphatic carbocycles. The highest BCUT2D eigenvalue weighted by Gasteiger charge is 2.37. The van der Waals surface area contributed by atoms with E-state index in [1.54, 1.807) is 6.08 Å². The second kappa shape index (κ2) is 9.76. The van der Waals surface area contributed by atoms with Crippen LogP contribution in [-0.2, 0) is 18.3 Å². The Labute approximate surface area is 245 Å². The minimum atomic E-state index is -0.316. The summed E-state index contributed by atoms with van der Waals surface area (Å²) in [6, 6.07) is 24.6. The molecule has 0 saturated carbocycles. The fraction of sp³-hybridized carbons (Fsp3) is 0.200. The monoisotopic (exact) mass is 565 g/mol. The van der Waals surface area contributed by atoms with Crippen LogP contribution in [0, 0.1) is 0 Å². The topological polar surface area (TPSA) is 37.4 Å². The van der Waals surface area contributed by atoms with Gasteiger partial charge in [0.15, 0.2) is 11.6 Å². The van der Waals surface area contributed by atoms with Gasteiger partial charge in [-0.1, -0.05) is 87.3 Å². The van der Waals surface area contributed by atoms with E-state index in [-0.39, 0.29) is 32.6 Å². The first-order chi connectivity index (χ1) is 19.2. The summed E-state index contributed by atoms with van der Waals surface area (Å²) in [6.45, 7) is 8.80. The third kappa shape index (κ3) is 3.95. The molecular weight excluding hydrogens is 537 g/mol. The number of para-hydroxylation sites is 2. The Kier molecular flexibility index (Phi) is 6.48. The first kappa shape index (κ1) is 26.6. The minimum absolute atomic E-state index is 0.141. The average Bonchev–Trinajstić information content (AvgIpc) is 3.17. The van der Waals surface area contributed by atoms with E-state index in [1.165, 1.54) is 34.6 Å². The number of carbonyl (C=O) groups is 2. The van der Waals surface area contributed by atoms with Crippen molar-refractivity contribution in [3.8, 4) is 0 Å². The van der Waals surface area contributed by atoms with Crippen LogP contribution in [0.5, 0.6) is 0 Å². The van der Waals surface area contributed by atoms with Crippen LogP contribution >= 0.6 is 23.2 Å². The van der Waals surface area contributed by atoms with Gasteiger partial charge in [0.2, 0.25) is 0 Å². The summed E-state index contributed by atoms with van der Waals surface area (Å²) in [6.07, 6.45) is 3.27. The van der Waals surface area contributed by atoms with Crippen LogP contribution in [0.4, 0.5) is 17.1 Å². The predicted octanol–water partition coefficient (Wildman–Crippen LogP) is 9.69. The number of anilines is 3. The fourth-order valence-electron chi connectivity index (χ4n) is 6.16. The molecule has 0 N–H and O–H groups in total. The van der Waals surface area contributed by atoms with Gasteiger partial charge < -0.3 is 4.90 Å². The molecule has 0 aromatic heterocycles. The van der Waals surface area contributed by atoms with Gasteiger partial charge >= 0.3 is 0 Å². The Balaban J connectivity index is 1.53. The maximum Gasteiger partial charge on any atom is 0.197 e. The van der Waals surface area contributed by atoms with Crippen LogP contribution in [-0.4, -0.2) is 11.6 Å². The van der Waals surface area contributed by atoms with E-state index in [9.17, 15) is 9.59 Å². The Morgan fingerprint density at radius 2 is 1.20 bits per heavy atom. The van der Waals surface area contributed by atoms with Crippen molar-refractivity contribution < 1.29 is 9.59 Å². The molecule has 40 heavy (non-hydrogen) atoms. The van der Waals surface area contributed by atoms with E-state index in [0.717, 1.165) is 35.2 Å². The average molecular weight is 567 g/mol. The quantitative estimate of drug-likeness (QED) is 0.182. The van der Waals surface area contributed by atoms with E-state index in [0.29, 0.717) is 11.1 Å². The second-order valence-electron chi connectivity index (χ2n) is 10.9. The Morgan fingerprint density at radius 3 is 1.70 bits per heavy atom. The maximum atomic E-state index is 13.3. The molecule has 0 saturated heterocycles. The fourth-order valence-corrected chi connectivity index (χ4v) is 6.49. The molecule has 0 amide bonds. The second-order valence-corrected chi connectivity index (χ2v) is 11.7. The molecule has 0 radical (unpaired) electrons. The molecular formula is C35H29Cl2NO2. The highest BCUT2D eigenvalue weighted by Crippen LogP contribution is 2.52. The van der Waals surface area contributed by atoms with Gasteiger partial charge in [-0.3, -0.25) is 9.59 Å². The third-order valence-corrected chi connectivity index (χ3v) is 9.04. The van der Waals surface area contributed by atoms with Crippen molar-refractivity contribution in [2.45, 2.75) is 46.0 Å². The molecule has 0 spiro atoms. The molecule has 1 heterocycles. The van der Waals surface area contributed by atoms with Gasteiger partial charge in [-0.2, -0.15) is 0 Å². The van der Waals surface area contributed by atoms with Crippen molar-refractivity contribution in [3.63, 3.8) is 0 Å². The molecule has 3 nitrogen and oxygen atoms in total. The summed E-state index contributed by atoms with van der Waals surface area (Å²) in [5.74, 6) is -0.632. The number of allylic oxidation sites excluding steroid dienone is 1. The molecule has 4 aromatic rings. The van der Waals surface area contributed by atoms with Crippen LogP contribution in [0.25, 0.3) is 6.08 Å². The molecule has 0 fully saturated rings. The van der Waals surface area contributed by atoms with Crippen LogP contribution in [0.15, 0.2) is 78.4 Å². The number of hydrogen-bond acceptors (Lipinski definition) is 3.